The first-order chi connectivity index (χ1) is 12.2. The number of aliphatic hydroxyl groups excluding tert-OH is 1. The third kappa shape index (κ3) is 5.12. The van der Waals surface area contributed by atoms with E-state index in [-0.39, 0.29) is 12.5 Å². The average molecular weight is 343 g/mol. The summed E-state index contributed by atoms with van der Waals surface area (Å²) in [5, 5.41) is 16.2. The number of carbonyl (C=O) groups excluding carboxylic acids is 1. The Balaban J connectivity index is 1.50. The molecule has 0 atom stereocenters. The van der Waals surface area contributed by atoms with Gasteiger partial charge in [0.15, 0.2) is 0 Å². The third-order valence-electron chi connectivity index (χ3n) is 4.41. The van der Waals surface area contributed by atoms with Crippen LogP contribution in [0.5, 0.6) is 0 Å². The van der Waals surface area contributed by atoms with E-state index in [1.54, 1.807) is 10.9 Å². The highest BCUT2D eigenvalue weighted by atomic mass is 16.3. The highest BCUT2D eigenvalue weighted by Gasteiger charge is 2.19. The molecule has 2 N–H and O–H groups in total. The first-order valence-corrected chi connectivity index (χ1v) is 8.66. The van der Waals surface area contributed by atoms with Crippen LogP contribution < -0.4 is 5.32 Å². The van der Waals surface area contributed by atoms with Gasteiger partial charge < -0.3 is 10.4 Å². The normalized spacial score (nSPS) is 16.0. The van der Waals surface area contributed by atoms with Gasteiger partial charge in [-0.2, -0.15) is 5.10 Å². The zero-order valence-electron chi connectivity index (χ0n) is 14.3. The summed E-state index contributed by atoms with van der Waals surface area (Å²) in [5.74, 6) is 0.693. The molecule has 1 aliphatic rings. The van der Waals surface area contributed by atoms with E-state index in [1.807, 2.05) is 36.4 Å². The van der Waals surface area contributed by atoms with Crippen LogP contribution in [0.25, 0.3) is 0 Å². The number of aromatic nitrogens is 2. The van der Waals surface area contributed by atoms with Crippen molar-refractivity contribution in [2.24, 2.45) is 0 Å². The van der Waals surface area contributed by atoms with Crippen LogP contribution in [-0.4, -0.2) is 76.5 Å². The van der Waals surface area contributed by atoms with Crippen LogP contribution in [0.3, 0.4) is 0 Å². The summed E-state index contributed by atoms with van der Waals surface area (Å²) in [5.41, 5.74) is 1.14. The van der Waals surface area contributed by atoms with E-state index in [0.29, 0.717) is 25.5 Å². The lowest BCUT2D eigenvalue weighted by molar-refractivity contribution is -0.117. The summed E-state index contributed by atoms with van der Waals surface area (Å²) in [6, 6.07) is 11.9. The van der Waals surface area contributed by atoms with Crippen molar-refractivity contribution in [1.82, 2.24) is 19.6 Å². The van der Waals surface area contributed by atoms with Crippen molar-refractivity contribution in [3.63, 3.8) is 0 Å². The fourth-order valence-corrected chi connectivity index (χ4v) is 3.02. The molecule has 25 heavy (non-hydrogen) atoms. The molecule has 7 heteroatoms. The van der Waals surface area contributed by atoms with Crippen LogP contribution in [0.15, 0.2) is 42.6 Å². The van der Waals surface area contributed by atoms with Crippen LogP contribution in [0.4, 0.5) is 5.82 Å². The molecular weight excluding hydrogens is 318 g/mol. The number of anilines is 1. The highest BCUT2D eigenvalue weighted by Crippen LogP contribution is 2.10. The molecule has 1 amide bonds. The molecule has 134 valence electrons. The Morgan fingerprint density at radius 2 is 1.80 bits per heavy atom. The van der Waals surface area contributed by atoms with Gasteiger partial charge >= 0.3 is 0 Å². The van der Waals surface area contributed by atoms with E-state index < -0.39 is 0 Å². The van der Waals surface area contributed by atoms with Gasteiger partial charge in [0.2, 0.25) is 5.91 Å². The first-order valence-electron chi connectivity index (χ1n) is 8.66. The standard InChI is InChI=1S/C18H25N5O2/c24-13-12-21-8-10-22(11-9-21)15-18(25)20-17-6-7-19-23(17)14-16-4-2-1-3-5-16/h1-7,24H,8-15H2,(H,20,25). The molecular formula is C18H25N5O2. The minimum atomic E-state index is -0.0228. The maximum atomic E-state index is 12.3. The van der Waals surface area contributed by atoms with Crippen LogP contribution in [-0.2, 0) is 11.3 Å². The molecule has 1 aromatic carbocycles. The molecule has 2 aromatic rings. The van der Waals surface area contributed by atoms with Gasteiger partial charge in [-0.25, -0.2) is 4.68 Å². The Morgan fingerprint density at radius 3 is 2.52 bits per heavy atom. The molecule has 0 saturated carbocycles. The lowest BCUT2D eigenvalue weighted by Crippen LogP contribution is -2.49. The Hall–Kier alpha value is -2.22. The molecule has 0 unspecified atom stereocenters. The summed E-state index contributed by atoms with van der Waals surface area (Å²) in [6.07, 6.45) is 1.70. The van der Waals surface area contributed by atoms with Crippen LogP contribution in [0.2, 0.25) is 0 Å². The van der Waals surface area contributed by atoms with E-state index in [9.17, 15) is 4.79 Å². The van der Waals surface area contributed by atoms with Crippen molar-refractivity contribution in [2.45, 2.75) is 6.54 Å². The molecule has 3 rings (SSSR count). The zero-order chi connectivity index (χ0) is 17.5. The SMILES string of the molecule is O=C(CN1CCN(CCO)CC1)Nc1ccnn1Cc1ccccc1. The van der Waals surface area contributed by atoms with Gasteiger partial charge in [0, 0.05) is 38.8 Å². The quantitative estimate of drug-likeness (QED) is 0.765. The Morgan fingerprint density at radius 1 is 1.08 bits per heavy atom. The zero-order valence-corrected chi connectivity index (χ0v) is 14.3. The molecule has 1 aromatic heterocycles. The van der Waals surface area contributed by atoms with Gasteiger partial charge in [0.05, 0.1) is 25.9 Å². The lowest BCUT2D eigenvalue weighted by atomic mass is 10.2. The van der Waals surface area contributed by atoms with Gasteiger partial charge in [-0.3, -0.25) is 14.6 Å². The monoisotopic (exact) mass is 343 g/mol. The number of hydrogen-bond acceptors (Lipinski definition) is 5. The van der Waals surface area contributed by atoms with E-state index in [1.165, 1.54) is 0 Å². The number of amides is 1. The maximum absolute atomic E-state index is 12.3. The second kappa shape index (κ2) is 8.75. The topological polar surface area (TPSA) is 73.6 Å². The number of β-amino-alcohol motifs (C(OH)–C–C–N with tert-alkyl or cyclic N) is 1. The molecule has 0 radical (unpaired) electrons. The molecule has 2 heterocycles. The minimum absolute atomic E-state index is 0.0228. The fraction of sp³-hybridized carbons (Fsp3) is 0.444. The van der Waals surface area contributed by atoms with Gasteiger partial charge in [0.1, 0.15) is 5.82 Å². The number of carbonyl (C=O) groups is 1. The van der Waals surface area contributed by atoms with Crippen molar-refractivity contribution in [1.29, 1.82) is 0 Å². The fourth-order valence-electron chi connectivity index (χ4n) is 3.02. The summed E-state index contributed by atoms with van der Waals surface area (Å²) < 4.78 is 1.80. The van der Waals surface area contributed by atoms with Crippen molar-refractivity contribution in [2.75, 3.05) is 51.2 Å². The minimum Gasteiger partial charge on any atom is -0.395 e. The number of rotatable bonds is 7. The largest absolute Gasteiger partial charge is 0.395 e. The number of piperazine rings is 1. The van der Waals surface area contributed by atoms with E-state index in [0.717, 1.165) is 31.7 Å². The lowest BCUT2D eigenvalue weighted by Gasteiger charge is -2.33. The molecule has 1 fully saturated rings. The van der Waals surface area contributed by atoms with Crippen molar-refractivity contribution in [3.05, 3.63) is 48.2 Å². The predicted molar refractivity (Wildman–Crippen MR) is 96.4 cm³/mol. The van der Waals surface area contributed by atoms with Crippen molar-refractivity contribution < 1.29 is 9.90 Å². The van der Waals surface area contributed by atoms with Crippen LogP contribution in [0, 0.1) is 0 Å². The highest BCUT2D eigenvalue weighted by molar-refractivity contribution is 5.91. The molecule has 1 saturated heterocycles. The van der Waals surface area contributed by atoms with Gasteiger partial charge in [-0.1, -0.05) is 30.3 Å². The number of aliphatic hydroxyl groups is 1. The van der Waals surface area contributed by atoms with Crippen LogP contribution >= 0.6 is 0 Å². The van der Waals surface area contributed by atoms with Crippen molar-refractivity contribution in [3.8, 4) is 0 Å². The molecule has 0 aliphatic carbocycles. The van der Waals surface area contributed by atoms with Gasteiger partial charge in [0.25, 0.3) is 0 Å². The average Bonchev–Trinajstić information content (AvgIpc) is 3.04. The molecule has 1 aliphatic heterocycles. The third-order valence-corrected chi connectivity index (χ3v) is 4.41. The van der Waals surface area contributed by atoms with Gasteiger partial charge in [-0.05, 0) is 5.56 Å². The summed E-state index contributed by atoms with van der Waals surface area (Å²) in [4.78, 5) is 16.7. The second-order valence-electron chi connectivity index (χ2n) is 6.25. The summed E-state index contributed by atoms with van der Waals surface area (Å²) in [6.45, 7) is 5.37. The molecule has 7 nitrogen and oxygen atoms in total. The number of benzene rings is 1. The Labute approximate surface area is 147 Å². The van der Waals surface area contributed by atoms with Gasteiger partial charge in [-0.15, -0.1) is 0 Å². The van der Waals surface area contributed by atoms with E-state index in [4.69, 9.17) is 5.11 Å². The maximum Gasteiger partial charge on any atom is 0.239 e. The number of nitrogens with zero attached hydrogens (tertiary/aromatic N) is 4. The van der Waals surface area contributed by atoms with E-state index >= 15 is 0 Å². The Kier molecular flexibility index (Phi) is 6.16. The smallest absolute Gasteiger partial charge is 0.239 e. The second-order valence-corrected chi connectivity index (χ2v) is 6.25. The number of hydrogen-bond donors (Lipinski definition) is 2. The summed E-state index contributed by atoms with van der Waals surface area (Å²) in [7, 11) is 0. The molecule has 0 bridgehead atoms. The summed E-state index contributed by atoms with van der Waals surface area (Å²) >= 11 is 0. The molecule has 0 spiro atoms. The first kappa shape index (κ1) is 17.6. The van der Waals surface area contributed by atoms with Crippen LogP contribution in [0.1, 0.15) is 5.56 Å². The number of nitrogens with one attached hydrogen (secondary N) is 1. The van der Waals surface area contributed by atoms with E-state index in [2.05, 4.69) is 20.2 Å². The Bertz CT molecular complexity index is 665. The van der Waals surface area contributed by atoms with Crippen molar-refractivity contribution >= 4 is 11.7 Å². The predicted octanol–water partition coefficient (Wildman–Crippen LogP) is 0.480.